The molecule has 0 unspecified atom stereocenters. The van der Waals surface area contributed by atoms with Crippen molar-refractivity contribution in [2.24, 2.45) is 0 Å². The van der Waals surface area contributed by atoms with Crippen molar-refractivity contribution in [2.45, 2.75) is 45.4 Å². The number of aryl methyl sites for hydroxylation is 1. The highest BCUT2D eigenvalue weighted by Crippen LogP contribution is 2.24. The van der Waals surface area contributed by atoms with Gasteiger partial charge in [-0.2, -0.15) is 15.0 Å². The van der Waals surface area contributed by atoms with Crippen LogP contribution in [0.5, 0.6) is 0 Å². The van der Waals surface area contributed by atoms with Crippen molar-refractivity contribution in [3.05, 3.63) is 58.0 Å². The minimum absolute atomic E-state index is 0. The van der Waals surface area contributed by atoms with Crippen LogP contribution >= 0.6 is 12.4 Å². The Morgan fingerprint density at radius 1 is 0.756 bits per heavy atom. The van der Waals surface area contributed by atoms with Crippen LogP contribution in [0.15, 0.2) is 41.2 Å². The van der Waals surface area contributed by atoms with Gasteiger partial charge in [-0.25, -0.2) is 0 Å². The molecule has 1 aromatic carbocycles. The summed E-state index contributed by atoms with van der Waals surface area (Å²) in [5, 5.41) is 6.08. The van der Waals surface area contributed by atoms with E-state index < -0.39 is 11.5 Å². The number of aromatic nitrogens is 4. The van der Waals surface area contributed by atoms with Crippen molar-refractivity contribution in [3.63, 3.8) is 0 Å². The van der Waals surface area contributed by atoms with Crippen LogP contribution in [0.3, 0.4) is 0 Å². The fraction of sp³-hybridized carbons (Fsp3) is 0.423. The van der Waals surface area contributed by atoms with E-state index in [1.54, 1.807) is 25.1 Å². The molecule has 4 heterocycles. The van der Waals surface area contributed by atoms with Crippen LogP contribution in [0.1, 0.15) is 60.3 Å². The van der Waals surface area contributed by atoms with E-state index in [9.17, 15) is 9.59 Å². The first-order valence-corrected chi connectivity index (χ1v) is 12.7. The molecule has 2 aliphatic heterocycles. The Bertz CT molecular complexity index is 1260. The fourth-order valence-electron chi connectivity index (χ4n) is 4.60. The number of nitrogens with zero attached hydrogens (tertiary/aromatic N) is 5. The molecule has 3 aromatic rings. The second-order valence-corrected chi connectivity index (χ2v) is 9.40. The van der Waals surface area contributed by atoms with Gasteiger partial charge in [0, 0.05) is 49.0 Å². The van der Waals surface area contributed by atoms with E-state index in [1.807, 2.05) is 12.1 Å². The Balaban J connectivity index is -0.000000593. The molecule has 15 N–H and O–H groups in total. The molecular weight excluding hydrogens is 548 g/mol. The molecule has 0 atom stereocenters. The zero-order valence-electron chi connectivity index (χ0n) is 23.8. The number of benzene rings is 1. The molecule has 0 bridgehead atoms. The number of halogens is 1. The number of H-pyrrole nitrogens is 1. The zero-order chi connectivity index (χ0) is 24.9. The lowest BCUT2D eigenvalue weighted by molar-refractivity contribution is 0.102. The van der Waals surface area contributed by atoms with E-state index in [-0.39, 0.29) is 48.3 Å². The van der Waals surface area contributed by atoms with Crippen molar-refractivity contribution in [1.82, 2.24) is 44.5 Å². The van der Waals surface area contributed by atoms with Gasteiger partial charge in [-0.1, -0.05) is 0 Å². The summed E-state index contributed by atoms with van der Waals surface area (Å²) < 4.78 is 0. The third kappa shape index (κ3) is 9.37. The number of hydrogen-bond acceptors (Lipinski definition) is 12. The molecular formula is C26H53ClN12O2. The Morgan fingerprint density at radius 2 is 1.24 bits per heavy atom. The predicted octanol–water partition coefficient (Wildman–Crippen LogP) is 5.90. The Morgan fingerprint density at radius 3 is 1.73 bits per heavy atom. The SMILES string of the molecule is Cc1ccc(C(=O)Nc2ccc(Nc3nc(N4CCCCC4)nc(N4CCCCC4)n3)cc2)c(=O)[nH]1.Cl.N.N.N.N.[HH].[HH].[HH].[HH]. The number of nitrogens with one attached hydrogen (secondary N) is 3. The Kier molecular flexibility index (Phi) is 15.5. The van der Waals surface area contributed by atoms with Gasteiger partial charge in [-0.15, -0.1) is 12.4 Å². The topological polar surface area (TPSA) is 259 Å². The van der Waals surface area contributed by atoms with Gasteiger partial charge in [0.25, 0.3) is 11.5 Å². The van der Waals surface area contributed by atoms with Gasteiger partial charge in [0.05, 0.1) is 0 Å². The smallest absolute Gasteiger partial charge is 0.261 e. The number of carbonyl (C=O) groups excluding carboxylic acids is 1. The standard InChI is InChI=1S/C26H32N8O2.ClH.4H3N.4H2/c1-18-8-13-21(22(35)27-18)23(36)28-19-9-11-20(12-10-19)29-24-30-25(33-14-4-2-5-15-33)32-26(31-24)34-16-6-3-7-17-34;;;;;;;;;/h8-13H,2-7,14-17H2,1H3,(H,27,35)(H,28,36)(H,29,30,31,32);1H;4*1H3;4*1H. The predicted molar refractivity (Wildman–Crippen MR) is 177 cm³/mol. The molecule has 236 valence electrons. The Hall–Kier alpha value is -3.82. The van der Waals surface area contributed by atoms with Gasteiger partial charge in [0.2, 0.25) is 17.8 Å². The molecule has 41 heavy (non-hydrogen) atoms. The van der Waals surface area contributed by atoms with E-state index in [0.717, 1.165) is 69.4 Å². The third-order valence-corrected chi connectivity index (χ3v) is 6.59. The van der Waals surface area contributed by atoms with Crippen molar-refractivity contribution < 1.29 is 10.5 Å². The highest BCUT2D eigenvalue weighted by atomic mass is 35.5. The maximum Gasteiger partial charge on any atom is 0.261 e. The highest BCUT2D eigenvalue weighted by molar-refractivity contribution is 6.04. The van der Waals surface area contributed by atoms with E-state index in [4.69, 9.17) is 15.0 Å². The monoisotopic (exact) mass is 600 g/mol. The number of pyridine rings is 1. The van der Waals surface area contributed by atoms with Crippen molar-refractivity contribution in [2.75, 3.05) is 46.6 Å². The van der Waals surface area contributed by atoms with Gasteiger partial charge in [0.1, 0.15) is 5.56 Å². The van der Waals surface area contributed by atoms with Gasteiger partial charge in [0.15, 0.2) is 0 Å². The molecule has 2 aliphatic rings. The number of anilines is 5. The van der Waals surface area contributed by atoms with Crippen LogP contribution in [-0.2, 0) is 0 Å². The molecule has 0 aliphatic carbocycles. The summed E-state index contributed by atoms with van der Waals surface area (Å²) >= 11 is 0. The first kappa shape index (κ1) is 37.2. The lowest BCUT2D eigenvalue weighted by Gasteiger charge is -2.30. The highest BCUT2D eigenvalue weighted by Gasteiger charge is 2.20. The summed E-state index contributed by atoms with van der Waals surface area (Å²) in [6.07, 6.45) is 7.08. The van der Waals surface area contributed by atoms with Crippen LogP contribution in [0, 0.1) is 6.92 Å². The molecule has 0 saturated carbocycles. The molecule has 0 spiro atoms. The van der Waals surface area contributed by atoms with Crippen molar-refractivity contribution >= 4 is 47.5 Å². The van der Waals surface area contributed by atoms with Gasteiger partial charge in [-0.05, 0) is 81.8 Å². The summed E-state index contributed by atoms with van der Waals surface area (Å²) in [5.74, 6) is 1.50. The number of rotatable bonds is 6. The van der Waals surface area contributed by atoms with E-state index in [1.165, 1.54) is 18.9 Å². The zero-order valence-corrected chi connectivity index (χ0v) is 24.6. The van der Waals surface area contributed by atoms with Gasteiger partial charge in [-0.3, -0.25) is 9.59 Å². The summed E-state index contributed by atoms with van der Waals surface area (Å²) in [6.45, 7) is 5.61. The van der Waals surface area contributed by atoms with E-state index in [0.29, 0.717) is 17.3 Å². The largest absolute Gasteiger partial charge is 0.344 e. The van der Waals surface area contributed by atoms with Crippen molar-refractivity contribution in [1.29, 1.82) is 0 Å². The second kappa shape index (κ2) is 17.1. The van der Waals surface area contributed by atoms with Crippen LogP contribution in [0.2, 0.25) is 0 Å². The molecule has 1 amide bonds. The average molecular weight is 601 g/mol. The van der Waals surface area contributed by atoms with Crippen LogP contribution in [0.25, 0.3) is 0 Å². The third-order valence-electron chi connectivity index (χ3n) is 6.59. The minimum Gasteiger partial charge on any atom is -0.344 e. The van der Waals surface area contributed by atoms with Crippen LogP contribution < -0.4 is 50.6 Å². The summed E-state index contributed by atoms with van der Waals surface area (Å²) in [5.41, 5.74) is 1.75. The van der Waals surface area contributed by atoms with Crippen molar-refractivity contribution in [3.8, 4) is 0 Å². The number of hydrogen-bond donors (Lipinski definition) is 7. The number of carbonyl (C=O) groups is 1. The maximum atomic E-state index is 12.5. The second-order valence-electron chi connectivity index (χ2n) is 9.40. The molecule has 2 aromatic heterocycles. The molecule has 2 saturated heterocycles. The van der Waals surface area contributed by atoms with E-state index >= 15 is 0 Å². The molecule has 0 radical (unpaired) electrons. The quantitative estimate of drug-likeness (QED) is 0.174. The maximum absolute atomic E-state index is 12.5. The molecule has 5 rings (SSSR count). The first-order valence-electron chi connectivity index (χ1n) is 12.7. The average Bonchev–Trinajstić information content (AvgIpc) is 2.90. The first-order chi connectivity index (χ1) is 17.5. The Labute approximate surface area is 252 Å². The van der Waals surface area contributed by atoms with E-state index in [2.05, 4.69) is 25.4 Å². The molecule has 2 fully saturated rings. The van der Waals surface area contributed by atoms with Gasteiger partial charge < -0.3 is 50.0 Å². The summed E-state index contributed by atoms with van der Waals surface area (Å²) in [7, 11) is 0. The number of aromatic amines is 1. The normalized spacial score (nSPS) is 14.1. The molecule has 15 heteroatoms. The summed E-state index contributed by atoms with van der Waals surface area (Å²) in [6, 6.07) is 10.5. The lowest BCUT2D eigenvalue weighted by Crippen LogP contribution is -2.34. The molecule has 14 nitrogen and oxygen atoms in total. The van der Waals surface area contributed by atoms with Crippen LogP contribution in [-0.4, -0.2) is 52.0 Å². The summed E-state index contributed by atoms with van der Waals surface area (Å²) in [4.78, 5) is 46.0. The fourth-order valence-corrected chi connectivity index (χ4v) is 4.60. The number of piperidine rings is 2. The number of amides is 1. The van der Waals surface area contributed by atoms with Gasteiger partial charge >= 0.3 is 0 Å². The van der Waals surface area contributed by atoms with Crippen LogP contribution in [0.4, 0.5) is 29.2 Å². The lowest BCUT2D eigenvalue weighted by atomic mass is 10.1. The minimum atomic E-state index is -0.452.